The van der Waals surface area contributed by atoms with Crippen LogP contribution < -0.4 is 4.90 Å². The molecule has 0 bridgehead atoms. The monoisotopic (exact) mass is 395 g/mol. The minimum Gasteiger partial charge on any atom is -0.366 e. The molecule has 1 aromatic carbocycles. The molecule has 8 nitrogen and oxygen atoms in total. The number of nitrogens with zero attached hydrogens (tertiary/aromatic N) is 3. The molecule has 9 heteroatoms. The van der Waals surface area contributed by atoms with Crippen molar-refractivity contribution in [1.82, 2.24) is 4.90 Å². The Morgan fingerprint density at radius 1 is 1.33 bits per heavy atom. The zero-order valence-corrected chi connectivity index (χ0v) is 16.3. The van der Waals surface area contributed by atoms with Crippen LogP contribution in [0.4, 0.5) is 11.4 Å². The molecular weight excluding hydrogens is 370 g/mol. The molecule has 3 rings (SSSR count). The second kappa shape index (κ2) is 7.84. The van der Waals surface area contributed by atoms with E-state index in [1.54, 1.807) is 17.0 Å². The van der Waals surface area contributed by atoms with Gasteiger partial charge in [-0.05, 0) is 37.8 Å². The Morgan fingerprint density at radius 3 is 2.59 bits per heavy atom. The standard InChI is InChI=1S/C18H25N3O5S/c1-2-8-20(15-7-11-27(25,26)13-15)18(22)14-5-6-16(17(12-14)21(23)24)19-9-3-4-10-19/h5-6,12,15H,2-4,7-11,13H2,1H3. The summed E-state index contributed by atoms with van der Waals surface area (Å²) in [6.07, 6.45) is 3.11. The molecule has 0 N–H and O–H groups in total. The van der Waals surface area contributed by atoms with E-state index in [1.165, 1.54) is 6.07 Å². The van der Waals surface area contributed by atoms with Gasteiger partial charge in [0, 0.05) is 37.3 Å². The molecule has 2 fully saturated rings. The third-order valence-electron chi connectivity index (χ3n) is 5.24. The normalized spacial score (nSPS) is 21.4. The fourth-order valence-corrected chi connectivity index (χ4v) is 5.64. The molecule has 2 aliphatic heterocycles. The number of carbonyl (C=O) groups excluding carboxylic acids is 1. The largest absolute Gasteiger partial charge is 0.366 e. The van der Waals surface area contributed by atoms with E-state index in [1.807, 2.05) is 11.8 Å². The molecule has 148 valence electrons. The van der Waals surface area contributed by atoms with Crippen LogP contribution in [-0.4, -0.2) is 61.3 Å². The molecule has 0 aliphatic carbocycles. The van der Waals surface area contributed by atoms with Gasteiger partial charge in [-0.25, -0.2) is 8.42 Å². The van der Waals surface area contributed by atoms with Crippen molar-refractivity contribution in [2.45, 2.75) is 38.6 Å². The lowest BCUT2D eigenvalue weighted by Crippen LogP contribution is -2.41. The van der Waals surface area contributed by atoms with Gasteiger partial charge < -0.3 is 9.80 Å². The van der Waals surface area contributed by atoms with E-state index in [2.05, 4.69) is 0 Å². The summed E-state index contributed by atoms with van der Waals surface area (Å²) in [6, 6.07) is 4.24. The van der Waals surface area contributed by atoms with Gasteiger partial charge in [0.1, 0.15) is 5.69 Å². The van der Waals surface area contributed by atoms with Crippen LogP contribution in [0.2, 0.25) is 0 Å². The zero-order valence-electron chi connectivity index (χ0n) is 15.5. The van der Waals surface area contributed by atoms with E-state index in [-0.39, 0.29) is 34.7 Å². The third kappa shape index (κ3) is 4.23. The quantitative estimate of drug-likeness (QED) is 0.541. The van der Waals surface area contributed by atoms with E-state index in [0.717, 1.165) is 25.9 Å². The smallest absolute Gasteiger partial charge is 0.293 e. The van der Waals surface area contributed by atoms with Crippen LogP contribution in [0.3, 0.4) is 0 Å². The van der Waals surface area contributed by atoms with Gasteiger partial charge in [-0.2, -0.15) is 0 Å². The van der Waals surface area contributed by atoms with Crippen molar-refractivity contribution < 1.29 is 18.1 Å². The molecule has 1 aromatic rings. The van der Waals surface area contributed by atoms with Crippen LogP contribution in [0.1, 0.15) is 43.0 Å². The second-order valence-corrected chi connectivity index (χ2v) is 9.44. The highest BCUT2D eigenvalue weighted by Crippen LogP contribution is 2.32. The van der Waals surface area contributed by atoms with E-state index in [9.17, 15) is 23.3 Å². The van der Waals surface area contributed by atoms with Crippen LogP contribution in [0.5, 0.6) is 0 Å². The summed E-state index contributed by atoms with van der Waals surface area (Å²) in [7, 11) is -3.12. The molecule has 0 aromatic heterocycles. The van der Waals surface area contributed by atoms with Crippen molar-refractivity contribution in [2.75, 3.05) is 36.0 Å². The Hall–Kier alpha value is -2.16. The topological polar surface area (TPSA) is 101 Å². The Balaban J connectivity index is 1.90. The van der Waals surface area contributed by atoms with Crippen molar-refractivity contribution in [1.29, 1.82) is 0 Å². The Labute approximate surface area is 159 Å². The number of benzene rings is 1. The summed E-state index contributed by atoms with van der Waals surface area (Å²) in [6.45, 7) is 3.90. The van der Waals surface area contributed by atoms with Gasteiger partial charge in [0.2, 0.25) is 0 Å². The van der Waals surface area contributed by atoms with Gasteiger partial charge in [-0.15, -0.1) is 0 Å². The summed E-state index contributed by atoms with van der Waals surface area (Å²) in [5, 5.41) is 11.6. The maximum Gasteiger partial charge on any atom is 0.293 e. The number of hydrogen-bond donors (Lipinski definition) is 0. The van der Waals surface area contributed by atoms with Crippen LogP contribution in [0.25, 0.3) is 0 Å². The van der Waals surface area contributed by atoms with Crippen LogP contribution >= 0.6 is 0 Å². The number of sulfone groups is 1. The Morgan fingerprint density at radius 2 is 2.04 bits per heavy atom. The van der Waals surface area contributed by atoms with E-state index >= 15 is 0 Å². The SMILES string of the molecule is CCCN(C(=O)c1ccc(N2CCCC2)c([N+](=O)[O-])c1)C1CCS(=O)(=O)C1. The number of hydrogen-bond acceptors (Lipinski definition) is 6. The van der Waals surface area contributed by atoms with Crippen molar-refractivity contribution in [3.05, 3.63) is 33.9 Å². The lowest BCUT2D eigenvalue weighted by molar-refractivity contribution is -0.384. The summed E-state index contributed by atoms with van der Waals surface area (Å²) >= 11 is 0. The minimum absolute atomic E-state index is 0.0350. The fraction of sp³-hybridized carbons (Fsp3) is 0.611. The molecule has 0 spiro atoms. The summed E-state index contributed by atoms with van der Waals surface area (Å²) in [5.41, 5.74) is 0.708. The van der Waals surface area contributed by atoms with Crippen molar-refractivity contribution in [3.8, 4) is 0 Å². The van der Waals surface area contributed by atoms with E-state index < -0.39 is 14.8 Å². The molecular formula is C18H25N3O5S. The number of anilines is 1. The highest BCUT2D eigenvalue weighted by Gasteiger charge is 2.35. The summed E-state index contributed by atoms with van der Waals surface area (Å²) < 4.78 is 23.6. The number of carbonyl (C=O) groups is 1. The maximum absolute atomic E-state index is 13.0. The molecule has 1 amide bonds. The molecule has 1 atom stereocenters. The Kier molecular flexibility index (Phi) is 5.69. The van der Waals surface area contributed by atoms with E-state index in [4.69, 9.17) is 0 Å². The fourth-order valence-electron chi connectivity index (χ4n) is 3.91. The number of nitro groups is 1. The first-order chi connectivity index (χ1) is 12.8. The molecule has 2 heterocycles. The lowest BCUT2D eigenvalue weighted by atomic mass is 10.1. The number of rotatable bonds is 6. The predicted octanol–water partition coefficient (Wildman–Crippen LogP) is 2.23. The minimum atomic E-state index is -3.12. The van der Waals surface area contributed by atoms with Gasteiger partial charge >= 0.3 is 0 Å². The molecule has 0 saturated carbocycles. The highest BCUT2D eigenvalue weighted by atomic mass is 32.2. The lowest BCUT2D eigenvalue weighted by Gasteiger charge is -2.28. The molecule has 0 radical (unpaired) electrons. The van der Waals surface area contributed by atoms with Gasteiger partial charge in [-0.1, -0.05) is 6.92 Å². The summed E-state index contributed by atoms with van der Waals surface area (Å²) in [4.78, 5) is 27.7. The van der Waals surface area contributed by atoms with Crippen LogP contribution in [0, 0.1) is 10.1 Å². The average Bonchev–Trinajstić information content (AvgIpc) is 3.28. The Bertz CT molecular complexity index is 833. The molecule has 27 heavy (non-hydrogen) atoms. The zero-order chi connectivity index (χ0) is 19.6. The molecule has 2 saturated heterocycles. The van der Waals surface area contributed by atoms with Crippen molar-refractivity contribution in [2.24, 2.45) is 0 Å². The van der Waals surface area contributed by atoms with Crippen molar-refractivity contribution >= 4 is 27.1 Å². The third-order valence-corrected chi connectivity index (χ3v) is 6.99. The van der Waals surface area contributed by atoms with Gasteiger partial charge in [0.15, 0.2) is 9.84 Å². The average molecular weight is 395 g/mol. The van der Waals surface area contributed by atoms with Crippen molar-refractivity contribution in [3.63, 3.8) is 0 Å². The predicted molar refractivity (Wildman–Crippen MR) is 103 cm³/mol. The first-order valence-corrected chi connectivity index (χ1v) is 11.2. The van der Waals surface area contributed by atoms with Crippen LogP contribution in [-0.2, 0) is 9.84 Å². The first kappa shape index (κ1) is 19.6. The highest BCUT2D eigenvalue weighted by molar-refractivity contribution is 7.91. The van der Waals surface area contributed by atoms with Gasteiger partial charge in [-0.3, -0.25) is 14.9 Å². The maximum atomic E-state index is 13.0. The van der Waals surface area contributed by atoms with Gasteiger partial charge in [0.05, 0.1) is 16.4 Å². The van der Waals surface area contributed by atoms with Gasteiger partial charge in [0.25, 0.3) is 11.6 Å². The van der Waals surface area contributed by atoms with Crippen LogP contribution in [0.15, 0.2) is 18.2 Å². The van der Waals surface area contributed by atoms with E-state index in [0.29, 0.717) is 25.1 Å². The number of nitro benzene ring substituents is 1. The summed E-state index contributed by atoms with van der Waals surface area (Å²) in [5.74, 6) is -0.290. The number of amides is 1. The molecule has 1 unspecified atom stereocenters. The molecule has 2 aliphatic rings. The first-order valence-electron chi connectivity index (χ1n) is 9.37. The second-order valence-electron chi connectivity index (χ2n) is 7.21.